The summed E-state index contributed by atoms with van der Waals surface area (Å²) in [6, 6.07) is 0. The fourth-order valence-corrected chi connectivity index (χ4v) is 0.810. The number of nitrogens with one attached hydrogen (secondary N) is 1. The number of carbonyl (C=O) groups excluding carboxylic acids is 1. The smallest absolute Gasteiger partial charge is 0.265 e. The number of carbonyl (C=O) groups is 1. The molecule has 0 radical (unpaired) electrons. The SMILES string of the molecule is Cc1[nH]c(C=O)c(O)c(=O)c1O. The standard InChI is InChI=1S/C7H7NO4/c1-3-5(10)7(12)6(11)4(2-9)8-3/h2,10-11H,1H3,(H,8,12). The van der Waals surface area contributed by atoms with Crippen LogP contribution in [0, 0.1) is 6.92 Å². The van der Waals surface area contributed by atoms with Gasteiger partial charge in [-0.1, -0.05) is 0 Å². The predicted molar refractivity (Wildman–Crippen MR) is 40.5 cm³/mol. The molecule has 0 aliphatic carbocycles. The van der Waals surface area contributed by atoms with Crippen molar-refractivity contribution in [3.8, 4) is 11.5 Å². The Labute approximate surface area is 67.3 Å². The highest BCUT2D eigenvalue weighted by Crippen LogP contribution is 2.14. The third-order valence-electron chi connectivity index (χ3n) is 1.48. The average Bonchev–Trinajstić information content (AvgIpc) is 2.08. The van der Waals surface area contributed by atoms with E-state index < -0.39 is 16.9 Å². The van der Waals surface area contributed by atoms with Gasteiger partial charge in [0.05, 0.1) is 5.69 Å². The molecule has 3 N–H and O–H groups in total. The van der Waals surface area contributed by atoms with Crippen LogP contribution in [0.5, 0.6) is 11.5 Å². The van der Waals surface area contributed by atoms with E-state index in [4.69, 9.17) is 10.2 Å². The zero-order valence-electron chi connectivity index (χ0n) is 6.29. The van der Waals surface area contributed by atoms with Crippen LogP contribution in [0.1, 0.15) is 16.2 Å². The summed E-state index contributed by atoms with van der Waals surface area (Å²) in [4.78, 5) is 23.5. The molecule has 0 unspecified atom stereocenters. The maximum absolute atomic E-state index is 10.9. The van der Waals surface area contributed by atoms with Crippen molar-refractivity contribution in [3.05, 3.63) is 21.6 Å². The molecular weight excluding hydrogens is 162 g/mol. The molecule has 0 saturated heterocycles. The van der Waals surface area contributed by atoms with Crippen LogP contribution in [-0.4, -0.2) is 21.5 Å². The molecule has 5 nitrogen and oxygen atoms in total. The van der Waals surface area contributed by atoms with Crippen molar-refractivity contribution in [1.29, 1.82) is 0 Å². The number of aryl methyl sites for hydroxylation is 1. The first kappa shape index (κ1) is 8.32. The Morgan fingerprint density at radius 3 is 2.42 bits per heavy atom. The van der Waals surface area contributed by atoms with Gasteiger partial charge in [0, 0.05) is 0 Å². The maximum Gasteiger partial charge on any atom is 0.265 e. The molecule has 0 aromatic carbocycles. The normalized spacial score (nSPS) is 9.75. The predicted octanol–water partition coefficient (Wildman–Crippen LogP) is -0.0930. The Morgan fingerprint density at radius 1 is 1.33 bits per heavy atom. The van der Waals surface area contributed by atoms with Crippen LogP contribution in [-0.2, 0) is 0 Å². The fourth-order valence-electron chi connectivity index (χ4n) is 0.810. The van der Waals surface area contributed by atoms with Crippen molar-refractivity contribution in [3.63, 3.8) is 0 Å². The molecule has 12 heavy (non-hydrogen) atoms. The molecular formula is C7H7NO4. The fraction of sp³-hybridized carbons (Fsp3) is 0.143. The molecule has 64 valence electrons. The van der Waals surface area contributed by atoms with E-state index in [1.54, 1.807) is 0 Å². The van der Waals surface area contributed by atoms with Crippen molar-refractivity contribution in [2.75, 3.05) is 0 Å². The van der Waals surface area contributed by atoms with E-state index in [-0.39, 0.29) is 11.4 Å². The summed E-state index contributed by atoms with van der Waals surface area (Å²) < 4.78 is 0. The quantitative estimate of drug-likeness (QED) is 0.512. The monoisotopic (exact) mass is 169 g/mol. The molecule has 1 rings (SSSR count). The minimum atomic E-state index is -0.937. The van der Waals surface area contributed by atoms with Gasteiger partial charge >= 0.3 is 0 Å². The number of aromatic nitrogens is 1. The van der Waals surface area contributed by atoms with E-state index in [0.717, 1.165) is 0 Å². The Hall–Kier alpha value is -1.78. The van der Waals surface area contributed by atoms with Gasteiger partial charge in [-0.25, -0.2) is 0 Å². The lowest BCUT2D eigenvalue weighted by Gasteiger charge is -2.01. The van der Waals surface area contributed by atoms with Crippen molar-refractivity contribution in [2.45, 2.75) is 6.92 Å². The summed E-state index contributed by atoms with van der Waals surface area (Å²) in [5.41, 5.74) is -1.01. The first-order valence-corrected chi connectivity index (χ1v) is 3.18. The molecule has 1 heterocycles. The van der Waals surface area contributed by atoms with Crippen molar-refractivity contribution >= 4 is 6.29 Å². The molecule has 0 atom stereocenters. The number of pyridine rings is 1. The Morgan fingerprint density at radius 2 is 1.92 bits per heavy atom. The highest BCUT2D eigenvalue weighted by Gasteiger charge is 2.11. The maximum atomic E-state index is 10.9. The van der Waals surface area contributed by atoms with Crippen molar-refractivity contribution in [2.24, 2.45) is 0 Å². The number of hydrogen-bond donors (Lipinski definition) is 3. The van der Waals surface area contributed by atoms with Crippen LogP contribution in [0.2, 0.25) is 0 Å². The highest BCUT2D eigenvalue weighted by molar-refractivity contribution is 5.76. The zero-order chi connectivity index (χ0) is 9.30. The van der Waals surface area contributed by atoms with E-state index in [0.29, 0.717) is 6.29 Å². The summed E-state index contributed by atoms with van der Waals surface area (Å²) >= 11 is 0. The van der Waals surface area contributed by atoms with Gasteiger partial charge in [-0.3, -0.25) is 9.59 Å². The molecule has 0 saturated carbocycles. The number of aldehydes is 1. The van der Waals surface area contributed by atoms with E-state index >= 15 is 0 Å². The first-order valence-electron chi connectivity index (χ1n) is 3.18. The van der Waals surface area contributed by atoms with E-state index in [9.17, 15) is 9.59 Å². The topological polar surface area (TPSA) is 90.4 Å². The van der Waals surface area contributed by atoms with Crippen LogP contribution in [0.4, 0.5) is 0 Å². The lowest BCUT2D eigenvalue weighted by Crippen LogP contribution is -2.07. The first-order chi connectivity index (χ1) is 5.57. The van der Waals surface area contributed by atoms with Gasteiger partial charge in [-0.15, -0.1) is 0 Å². The van der Waals surface area contributed by atoms with E-state index in [2.05, 4.69) is 4.98 Å². The van der Waals surface area contributed by atoms with Gasteiger partial charge in [0.1, 0.15) is 5.69 Å². The Kier molecular flexibility index (Phi) is 1.86. The molecule has 1 aromatic heterocycles. The second-order valence-electron chi connectivity index (χ2n) is 2.31. The molecule has 0 fully saturated rings. The minimum Gasteiger partial charge on any atom is -0.503 e. The molecule has 0 aliphatic rings. The lowest BCUT2D eigenvalue weighted by atomic mass is 10.2. The summed E-state index contributed by atoms with van der Waals surface area (Å²) in [5, 5.41) is 18.0. The Balaban J connectivity index is 3.60. The Bertz CT molecular complexity index is 380. The van der Waals surface area contributed by atoms with Crippen molar-refractivity contribution < 1.29 is 15.0 Å². The van der Waals surface area contributed by atoms with Gasteiger partial charge in [0.25, 0.3) is 5.43 Å². The minimum absolute atomic E-state index is 0.153. The lowest BCUT2D eigenvalue weighted by molar-refractivity contribution is 0.111. The third kappa shape index (κ3) is 1.05. The molecule has 0 aliphatic heterocycles. The second-order valence-corrected chi connectivity index (χ2v) is 2.31. The van der Waals surface area contributed by atoms with E-state index in [1.807, 2.05) is 0 Å². The van der Waals surface area contributed by atoms with Crippen LogP contribution >= 0.6 is 0 Å². The molecule has 0 spiro atoms. The average molecular weight is 169 g/mol. The third-order valence-corrected chi connectivity index (χ3v) is 1.48. The summed E-state index contributed by atoms with van der Waals surface area (Å²) in [6.45, 7) is 1.42. The van der Waals surface area contributed by atoms with Gasteiger partial charge in [0.15, 0.2) is 17.8 Å². The van der Waals surface area contributed by atoms with Gasteiger partial charge < -0.3 is 15.2 Å². The second kappa shape index (κ2) is 2.69. The number of hydrogen-bond acceptors (Lipinski definition) is 4. The van der Waals surface area contributed by atoms with Crippen LogP contribution < -0.4 is 5.43 Å². The van der Waals surface area contributed by atoms with Crippen molar-refractivity contribution in [1.82, 2.24) is 4.98 Å². The zero-order valence-corrected chi connectivity index (χ0v) is 6.29. The molecule has 0 bridgehead atoms. The highest BCUT2D eigenvalue weighted by atomic mass is 16.3. The number of aromatic hydroxyl groups is 2. The molecule has 5 heteroatoms. The number of H-pyrrole nitrogens is 1. The number of aromatic amines is 1. The molecule has 1 aromatic rings. The van der Waals surface area contributed by atoms with Crippen LogP contribution in [0.3, 0.4) is 0 Å². The van der Waals surface area contributed by atoms with Gasteiger partial charge in [0.2, 0.25) is 0 Å². The summed E-state index contributed by atoms with van der Waals surface area (Å²) in [7, 11) is 0. The van der Waals surface area contributed by atoms with Gasteiger partial charge in [-0.05, 0) is 6.92 Å². The summed E-state index contributed by atoms with van der Waals surface area (Å²) in [6.07, 6.45) is 0.309. The van der Waals surface area contributed by atoms with E-state index in [1.165, 1.54) is 6.92 Å². The number of rotatable bonds is 1. The van der Waals surface area contributed by atoms with Crippen LogP contribution in [0.15, 0.2) is 4.79 Å². The van der Waals surface area contributed by atoms with Crippen LogP contribution in [0.25, 0.3) is 0 Å². The summed E-state index contributed by atoms with van der Waals surface area (Å²) in [5.74, 6) is -1.33. The largest absolute Gasteiger partial charge is 0.503 e. The molecule has 0 amide bonds. The van der Waals surface area contributed by atoms with Gasteiger partial charge in [-0.2, -0.15) is 0 Å².